The largest absolute Gasteiger partial charge is 0.323 e. The lowest BCUT2D eigenvalue weighted by atomic mass is 10.1. The van der Waals surface area contributed by atoms with Crippen molar-refractivity contribution in [2.75, 3.05) is 11.6 Å². The maximum absolute atomic E-state index is 13.1. The summed E-state index contributed by atoms with van der Waals surface area (Å²) in [6.07, 6.45) is 1.11. The standard InChI is InChI=1S/C21H18ClNO3S2/c1-28(25,26)17-12-13-18(22)19(14-17)23-21(24)20(15-8-4-2-5-9-15)27-16-10-6-3-7-11-16/h2-14,20H,1H3,(H,23,24)/t20-/m0/s1. The highest BCUT2D eigenvalue weighted by Gasteiger charge is 2.23. The van der Waals surface area contributed by atoms with Crippen LogP contribution >= 0.6 is 23.4 Å². The Morgan fingerprint density at radius 1 is 0.964 bits per heavy atom. The van der Waals surface area contributed by atoms with Crippen molar-refractivity contribution in [1.29, 1.82) is 0 Å². The summed E-state index contributed by atoms with van der Waals surface area (Å²) in [7, 11) is -3.41. The number of hydrogen-bond donors (Lipinski definition) is 1. The summed E-state index contributed by atoms with van der Waals surface area (Å²) in [4.78, 5) is 14.1. The van der Waals surface area contributed by atoms with Crippen molar-refractivity contribution in [2.24, 2.45) is 0 Å². The average molecular weight is 432 g/mol. The van der Waals surface area contributed by atoms with Gasteiger partial charge in [0.1, 0.15) is 5.25 Å². The Bertz CT molecular complexity index is 1070. The monoisotopic (exact) mass is 431 g/mol. The van der Waals surface area contributed by atoms with Crippen LogP contribution in [0.1, 0.15) is 10.8 Å². The lowest BCUT2D eigenvalue weighted by Crippen LogP contribution is -2.19. The Balaban J connectivity index is 1.92. The van der Waals surface area contributed by atoms with Crippen LogP contribution in [0.2, 0.25) is 5.02 Å². The maximum Gasteiger partial charge on any atom is 0.242 e. The molecule has 0 heterocycles. The number of anilines is 1. The second-order valence-electron chi connectivity index (χ2n) is 6.12. The number of nitrogens with one attached hydrogen (secondary N) is 1. The molecule has 0 aromatic heterocycles. The van der Waals surface area contributed by atoms with Gasteiger partial charge in [0.25, 0.3) is 0 Å². The third kappa shape index (κ3) is 5.16. The minimum Gasteiger partial charge on any atom is -0.323 e. The van der Waals surface area contributed by atoms with Crippen molar-refractivity contribution in [3.63, 3.8) is 0 Å². The Morgan fingerprint density at radius 3 is 2.18 bits per heavy atom. The molecule has 0 aliphatic rings. The summed E-state index contributed by atoms with van der Waals surface area (Å²) in [5.41, 5.74) is 1.11. The summed E-state index contributed by atoms with van der Waals surface area (Å²) in [5.74, 6) is -0.285. The lowest BCUT2D eigenvalue weighted by Gasteiger charge is -2.18. The van der Waals surface area contributed by atoms with E-state index in [1.807, 2.05) is 60.7 Å². The van der Waals surface area contributed by atoms with E-state index in [1.54, 1.807) is 0 Å². The zero-order valence-electron chi connectivity index (χ0n) is 15.0. The van der Waals surface area contributed by atoms with Gasteiger partial charge in [-0.3, -0.25) is 4.79 Å². The third-order valence-corrected chi connectivity index (χ3v) is 6.67. The van der Waals surface area contributed by atoms with Crippen LogP contribution in [0.25, 0.3) is 0 Å². The molecule has 0 fully saturated rings. The van der Waals surface area contributed by atoms with E-state index >= 15 is 0 Å². The highest BCUT2D eigenvalue weighted by atomic mass is 35.5. The van der Waals surface area contributed by atoms with Crippen molar-refractivity contribution in [3.8, 4) is 0 Å². The molecular weight excluding hydrogens is 414 g/mol. The van der Waals surface area contributed by atoms with Crippen LogP contribution in [0, 0.1) is 0 Å². The summed E-state index contributed by atoms with van der Waals surface area (Å²) in [5, 5.41) is 2.53. The fraction of sp³-hybridized carbons (Fsp3) is 0.0952. The Hall–Kier alpha value is -2.28. The van der Waals surface area contributed by atoms with Crippen LogP contribution in [0.4, 0.5) is 5.69 Å². The van der Waals surface area contributed by atoms with Crippen LogP contribution in [0.15, 0.2) is 88.7 Å². The van der Waals surface area contributed by atoms with Gasteiger partial charge in [-0.1, -0.05) is 60.1 Å². The topological polar surface area (TPSA) is 63.2 Å². The molecule has 1 amide bonds. The van der Waals surface area contributed by atoms with Crippen molar-refractivity contribution in [1.82, 2.24) is 0 Å². The minimum absolute atomic E-state index is 0.0965. The van der Waals surface area contributed by atoms with Gasteiger partial charge in [0, 0.05) is 11.2 Å². The lowest BCUT2D eigenvalue weighted by molar-refractivity contribution is -0.115. The van der Waals surface area contributed by atoms with Crippen molar-refractivity contribution < 1.29 is 13.2 Å². The summed E-state index contributed by atoms with van der Waals surface area (Å²) in [6.45, 7) is 0. The number of thioether (sulfide) groups is 1. The van der Waals surface area contributed by atoms with Gasteiger partial charge in [0.05, 0.1) is 15.6 Å². The number of halogens is 1. The first kappa shape index (κ1) is 20.5. The highest BCUT2D eigenvalue weighted by molar-refractivity contribution is 8.00. The molecule has 4 nitrogen and oxygen atoms in total. The molecular formula is C21H18ClNO3S2. The molecule has 0 saturated heterocycles. The second kappa shape index (κ2) is 8.82. The van der Waals surface area contributed by atoms with Gasteiger partial charge in [0.2, 0.25) is 5.91 Å². The predicted molar refractivity (Wildman–Crippen MR) is 115 cm³/mol. The number of sulfone groups is 1. The molecule has 0 bridgehead atoms. The molecule has 144 valence electrons. The average Bonchev–Trinajstić information content (AvgIpc) is 2.68. The van der Waals surface area contributed by atoms with Crippen molar-refractivity contribution >= 4 is 44.8 Å². The fourth-order valence-electron chi connectivity index (χ4n) is 2.57. The number of hydrogen-bond acceptors (Lipinski definition) is 4. The van der Waals surface area contributed by atoms with Crippen LogP contribution in [-0.4, -0.2) is 20.6 Å². The molecule has 3 aromatic rings. The molecule has 3 rings (SSSR count). The zero-order chi connectivity index (χ0) is 20.1. The van der Waals surface area contributed by atoms with E-state index in [-0.39, 0.29) is 21.5 Å². The summed E-state index contributed by atoms with van der Waals surface area (Å²) >= 11 is 7.60. The van der Waals surface area contributed by atoms with E-state index < -0.39 is 15.1 Å². The SMILES string of the molecule is CS(=O)(=O)c1ccc(Cl)c(NC(=O)[C@@H](Sc2ccccc2)c2ccccc2)c1. The Labute approximate surface area is 173 Å². The fourth-order valence-corrected chi connectivity index (χ4v) is 4.42. The minimum atomic E-state index is -3.41. The Morgan fingerprint density at radius 2 is 1.57 bits per heavy atom. The van der Waals surface area contributed by atoms with Crippen molar-refractivity contribution in [2.45, 2.75) is 15.0 Å². The molecule has 1 N–H and O–H groups in total. The van der Waals surface area contributed by atoms with Crippen molar-refractivity contribution in [3.05, 3.63) is 89.4 Å². The van der Waals surface area contributed by atoms with Gasteiger partial charge in [-0.2, -0.15) is 0 Å². The third-order valence-electron chi connectivity index (χ3n) is 3.96. The molecule has 28 heavy (non-hydrogen) atoms. The number of amides is 1. The van der Waals surface area contributed by atoms with Gasteiger partial charge in [-0.05, 0) is 35.9 Å². The molecule has 7 heteroatoms. The normalized spacial score (nSPS) is 12.4. The quantitative estimate of drug-likeness (QED) is 0.544. The van der Waals surface area contributed by atoms with Gasteiger partial charge in [0.15, 0.2) is 9.84 Å². The van der Waals surface area contributed by atoms with Gasteiger partial charge in [-0.15, -0.1) is 11.8 Å². The molecule has 0 aliphatic carbocycles. The molecule has 0 unspecified atom stereocenters. The molecule has 0 saturated carbocycles. The van der Waals surface area contributed by atoms with Gasteiger partial charge < -0.3 is 5.32 Å². The molecule has 1 atom stereocenters. The molecule has 0 aliphatic heterocycles. The Kier molecular flexibility index (Phi) is 6.44. The smallest absolute Gasteiger partial charge is 0.242 e. The van der Waals surface area contributed by atoms with E-state index in [0.29, 0.717) is 0 Å². The number of benzene rings is 3. The molecule has 3 aromatic carbocycles. The van der Waals surface area contributed by atoms with E-state index in [0.717, 1.165) is 16.7 Å². The summed E-state index contributed by atoms with van der Waals surface area (Å²) < 4.78 is 23.6. The van der Waals surface area contributed by atoms with Gasteiger partial charge in [-0.25, -0.2) is 8.42 Å². The first-order valence-electron chi connectivity index (χ1n) is 8.42. The van der Waals surface area contributed by atoms with E-state index in [4.69, 9.17) is 11.6 Å². The van der Waals surface area contributed by atoms with Crippen LogP contribution in [0.5, 0.6) is 0 Å². The van der Waals surface area contributed by atoms with Crippen LogP contribution < -0.4 is 5.32 Å². The maximum atomic E-state index is 13.1. The first-order chi connectivity index (χ1) is 13.3. The summed E-state index contributed by atoms with van der Waals surface area (Å²) in [6, 6.07) is 23.3. The number of carbonyl (C=O) groups excluding carboxylic acids is 1. The predicted octanol–water partition coefficient (Wildman–Crippen LogP) is 5.22. The van der Waals surface area contributed by atoms with E-state index in [1.165, 1.54) is 30.0 Å². The number of rotatable bonds is 6. The number of carbonyl (C=O) groups is 1. The van der Waals surface area contributed by atoms with E-state index in [9.17, 15) is 13.2 Å². The van der Waals surface area contributed by atoms with Crippen LogP contribution in [0.3, 0.4) is 0 Å². The first-order valence-corrected chi connectivity index (χ1v) is 11.6. The van der Waals surface area contributed by atoms with E-state index in [2.05, 4.69) is 5.32 Å². The zero-order valence-corrected chi connectivity index (χ0v) is 17.4. The van der Waals surface area contributed by atoms with Crippen LogP contribution in [-0.2, 0) is 14.6 Å². The molecule has 0 spiro atoms. The second-order valence-corrected chi connectivity index (χ2v) is 9.73. The molecule has 0 radical (unpaired) electrons. The highest BCUT2D eigenvalue weighted by Crippen LogP contribution is 2.37. The van der Waals surface area contributed by atoms with Gasteiger partial charge >= 0.3 is 0 Å².